The number of rotatable bonds is 7. The number of carbonyl (C=O) groups is 1. The van der Waals surface area contributed by atoms with Crippen LogP contribution in [0.15, 0.2) is 41.4 Å². The fourth-order valence-corrected chi connectivity index (χ4v) is 5.87. The molecule has 2 fully saturated rings. The molecule has 2 aromatic rings. The van der Waals surface area contributed by atoms with Crippen LogP contribution in [-0.4, -0.2) is 67.5 Å². The molecule has 2 aliphatic rings. The molecule has 9 heteroatoms. The van der Waals surface area contributed by atoms with Crippen molar-refractivity contribution in [3.05, 3.63) is 53.3 Å². The lowest BCUT2D eigenvalue weighted by atomic mass is 10.1. The van der Waals surface area contributed by atoms with Gasteiger partial charge in [0.25, 0.3) is 5.91 Å². The first kappa shape index (κ1) is 23.0. The zero-order valence-electron chi connectivity index (χ0n) is 18.6. The lowest BCUT2D eigenvalue weighted by Crippen LogP contribution is -2.35. The first-order valence-electron chi connectivity index (χ1n) is 11.3. The highest BCUT2D eigenvalue weighted by Gasteiger charge is 2.28. The first-order valence-corrected chi connectivity index (χ1v) is 12.7. The minimum Gasteiger partial charge on any atom is -0.379 e. The van der Waals surface area contributed by atoms with Crippen LogP contribution in [-0.2, 0) is 34.9 Å². The molecule has 0 spiro atoms. The molecule has 2 aliphatic heterocycles. The van der Waals surface area contributed by atoms with Gasteiger partial charge in [-0.25, -0.2) is 8.42 Å². The van der Waals surface area contributed by atoms with Crippen LogP contribution in [0.3, 0.4) is 0 Å². The molecule has 0 bridgehead atoms. The number of aryl methyl sites for hydroxylation is 1. The molecule has 8 nitrogen and oxygen atoms in total. The summed E-state index contributed by atoms with van der Waals surface area (Å²) in [6.07, 6.45) is 4.35. The van der Waals surface area contributed by atoms with Gasteiger partial charge in [-0.1, -0.05) is 30.7 Å². The Morgan fingerprint density at radius 2 is 1.75 bits per heavy atom. The molecule has 1 aromatic heterocycles. The first-order chi connectivity index (χ1) is 15.4. The molecule has 2 saturated heterocycles. The molecule has 0 saturated carbocycles. The zero-order valence-corrected chi connectivity index (χ0v) is 19.4. The smallest absolute Gasteiger partial charge is 0.268 e. The van der Waals surface area contributed by atoms with Crippen LogP contribution in [0, 0.1) is 0 Å². The van der Waals surface area contributed by atoms with Gasteiger partial charge in [0.1, 0.15) is 10.6 Å². The van der Waals surface area contributed by atoms with Crippen LogP contribution in [0.1, 0.15) is 40.9 Å². The van der Waals surface area contributed by atoms with Gasteiger partial charge in [-0.05, 0) is 30.0 Å². The quantitative estimate of drug-likeness (QED) is 0.683. The number of morpholine rings is 1. The molecule has 32 heavy (non-hydrogen) atoms. The van der Waals surface area contributed by atoms with Gasteiger partial charge in [-0.15, -0.1) is 0 Å². The van der Waals surface area contributed by atoms with Gasteiger partial charge < -0.3 is 14.6 Å². The molecular formula is C23H32N4O4S. The zero-order chi connectivity index (χ0) is 22.6. The Morgan fingerprint density at radius 1 is 1.03 bits per heavy atom. The Labute approximate surface area is 190 Å². The largest absolute Gasteiger partial charge is 0.379 e. The van der Waals surface area contributed by atoms with Crippen molar-refractivity contribution in [2.75, 3.05) is 39.4 Å². The van der Waals surface area contributed by atoms with Crippen molar-refractivity contribution in [2.45, 2.75) is 37.2 Å². The van der Waals surface area contributed by atoms with E-state index in [4.69, 9.17) is 4.74 Å². The molecule has 0 unspecified atom stereocenters. The van der Waals surface area contributed by atoms with Gasteiger partial charge in [0, 0.05) is 52.5 Å². The molecule has 1 aromatic carbocycles. The Bertz CT molecular complexity index is 1040. The van der Waals surface area contributed by atoms with E-state index in [0.717, 1.165) is 57.7 Å². The second kappa shape index (κ2) is 10.2. The van der Waals surface area contributed by atoms with Crippen LogP contribution in [0.4, 0.5) is 0 Å². The standard InChI is InChI=1S/C23H32N4O4S/c1-25-18-21(32(29,30)27-8-3-2-4-9-27)15-22(25)23(28)24-16-19-6-5-7-20(14-19)17-26-10-12-31-13-11-26/h5-7,14-15,18H,2-4,8-13,16-17H2,1H3,(H,24,28). The minimum absolute atomic E-state index is 0.180. The van der Waals surface area contributed by atoms with Crippen LogP contribution < -0.4 is 5.32 Å². The summed E-state index contributed by atoms with van der Waals surface area (Å²) in [5.41, 5.74) is 2.55. The Hall–Kier alpha value is -2.20. The third kappa shape index (κ3) is 5.40. The molecule has 1 amide bonds. The van der Waals surface area contributed by atoms with Crippen molar-refractivity contribution < 1.29 is 17.9 Å². The SMILES string of the molecule is Cn1cc(S(=O)(=O)N2CCCCC2)cc1C(=O)NCc1cccc(CN2CCOCC2)c1. The van der Waals surface area contributed by atoms with Crippen molar-refractivity contribution in [3.8, 4) is 0 Å². The van der Waals surface area contributed by atoms with E-state index >= 15 is 0 Å². The van der Waals surface area contributed by atoms with E-state index in [0.29, 0.717) is 25.3 Å². The summed E-state index contributed by atoms with van der Waals surface area (Å²) in [7, 11) is -1.86. The number of sulfonamides is 1. The van der Waals surface area contributed by atoms with Gasteiger partial charge in [0.05, 0.1) is 13.2 Å². The second-order valence-corrected chi connectivity index (χ2v) is 10.5. The van der Waals surface area contributed by atoms with Gasteiger partial charge in [0.15, 0.2) is 0 Å². The number of ether oxygens (including phenoxy) is 1. The van der Waals surface area contributed by atoms with Gasteiger partial charge >= 0.3 is 0 Å². The molecule has 0 aliphatic carbocycles. The molecule has 0 radical (unpaired) electrons. The lowest BCUT2D eigenvalue weighted by molar-refractivity contribution is 0.0342. The predicted octanol–water partition coefficient (Wildman–Crippen LogP) is 1.96. The van der Waals surface area contributed by atoms with Crippen molar-refractivity contribution in [1.82, 2.24) is 19.1 Å². The minimum atomic E-state index is -3.57. The number of hydrogen-bond donors (Lipinski definition) is 1. The number of nitrogens with one attached hydrogen (secondary N) is 1. The molecule has 4 rings (SSSR count). The summed E-state index contributed by atoms with van der Waals surface area (Å²) in [6, 6.07) is 9.67. The summed E-state index contributed by atoms with van der Waals surface area (Å²) in [6.45, 7) is 5.72. The van der Waals surface area contributed by atoms with E-state index in [9.17, 15) is 13.2 Å². The monoisotopic (exact) mass is 460 g/mol. The van der Waals surface area contributed by atoms with E-state index in [1.54, 1.807) is 11.6 Å². The van der Waals surface area contributed by atoms with Crippen LogP contribution in [0.25, 0.3) is 0 Å². The highest BCUT2D eigenvalue weighted by Crippen LogP contribution is 2.22. The second-order valence-electron chi connectivity index (χ2n) is 8.53. The number of aromatic nitrogens is 1. The molecule has 0 atom stereocenters. The average molecular weight is 461 g/mol. The Kier molecular flexibility index (Phi) is 7.30. The maximum Gasteiger partial charge on any atom is 0.268 e. The Morgan fingerprint density at radius 3 is 2.50 bits per heavy atom. The number of piperidine rings is 1. The molecule has 1 N–H and O–H groups in total. The summed E-state index contributed by atoms with van der Waals surface area (Å²) < 4.78 is 34.4. The highest BCUT2D eigenvalue weighted by atomic mass is 32.2. The normalized spacial score (nSPS) is 18.5. The van der Waals surface area contributed by atoms with E-state index in [1.807, 2.05) is 12.1 Å². The van der Waals surface area contributed by atoms with Crippen molar-refractivity contribution >= 4 is 15.9 Å². The van der Waals surface area contributed by atoms with E-state index < -0.39 is 10.0 Å². The molecular weight excluding hydrogens is 428 g/mol. The number of carbonyl (C=O) groups excluding carboxylic acids is 1. The van der Waals surface area contributed by atoms with Crippen LogP contribution >= 0.6 is 0 Å². The highest BCUT2D eigenvalue weighted by molar-refractivity contribution is 7.89. The van der Waals surface area contributed by atoms with Crippen LogP contribution in [0.5, 0.6) is 0 Å². The van der Waals surface area contributed by atoms with E-state index in [1.165, 1.54) is 22.1 Å². The maximum absolute atomic E-state index is 12.9. The van der Waals surface area contributed by atoms with E-state index in [-0.39, 0.29) is 10.8 Å². The summed E-state index contributed by atoms with van der Waals surface area (Å²) in [4.78, 5) is 15.3. The summed E-state index contributed by atoms with van der Waals surface area (Å²) in [5, 5.41) is 2.93. The molecule has 174 valence electrons. The fourth-order valence-electron chi connectivity index (χ4n) is 4.28. The number of amides is 1. The predicted molar refractivity (Wildman–Crippen MR) is 122 cm³/mol. The van der Waals surface area contributed by atoms with Crippen molar-refractivity contribution in [2.24, 2.45) is 7.05 Å². The lowest BCUT2D eigenvalue weighted by Gasteiger charge is -2.26. The number of hydrogen-bond acceptors (Lipinski definition) is 5. The van der Waals surface area contributed by atoms with Crippen molar-refractivity contribution in [1.29, 1.82) is 0 Å². The summed E-state index contributed by atoms with van der Waals surface area (Å²) >= 11 is 0. The maximum atomic E-state index is 12.9. The molecule has 3 heterocycles. The number of nitrogens with zero attached hydrogens (tertiary/aromatic N) is 3. The van der Waals surface area contributed by atoms with Gasteiger partial charge in [-0.3, -0.25) is 9.69 Å². The fraction of sp³-hybridized carbons (Fsp3) is 0.522. The van der Waals surface area contributed by atoms with Gasteiger partial charge in [-0.2, -0.15) is 4.31 Å². The van der Waals surface area contributed by atoms with Crippen molar-refractivity contribution in [3.63, 3.8) is 0 Å². The Balaban J connectivity index is 1.39. The van der Waals surface area contributed by atoms with E-state index in [2.05, 4.69) is 22.3 Å². The third-order valence-corrected chi connectivity index (χ3v) is 7.98. The number of benzene rings is 1. The average Bonchev–Trinajstić information content (AvgIpc) is 3.21. The third-order valence-electron chi connectivity index (χ3n) is 6.12. The topological polar surface area (TPSA) is 83.9 Å². The van der Waals surface area contributed by atoms with Crippen LogP contribution in [0.2, 0.25) is 0 Å². The van der Waals surface area contributed by atoms with Gasteiger partial charge in [0.2, 0.25) is 10.0 Å². The summed E-state index contributed by atoms with van der Waals surface area (Å²) in [5.74, 6) is -0.286.